The average Bonchev–Trinajstić information content (AvgIpc) is 2.98. The minimum absolute atomic E-state index is 0.203. The predicted octanol–water partition coefficient (Wildman–Crippen LogP) is 2.62. The first-order chi connectivity index (χ1) is 12.5. The number of fused-ring (bicyclic) bond motifs is 1. The summed E-state index contributed by atoms with van der Waals surface area (Å²) in [6.45, 7) is 6.00. The van der Waals surface area contributed by atoms with Gasteiger partial charge in [-0.15, -0.1) is 10.2 Å². The van der Waals surface area contributed by atoms with Crippen molar-refractivity contribution in [2.45, 2.75) is 32.7 Å². The van der Waals surface area contributed by atoms with Crippen molar-refractivity contribution < 1.29 is 5.11 Å². The van der Waals surface area contributed by atoms with Gasteiger partial charge in [0.1, 0.15) is 11.4 Å². The lowest BCUT2D eigenvalue weighted by Gasteiger charge is -2.30. The molecule has 7 nitrogen and oxygen atoms in total. The molecule has 0 unspecified atom stereocenters. The fourth-order valence-electron chi connectivity index (χ4n) is 3.61. The molecule has 1 atom stereocenters. The lowest BCUT2D eigenvalue weighted by atomic mass is 10.1. The van der Waals surface area contributed by atoms with Crippen molar-refractivity contribution in [2.24, 2.45) is 0 Å². The fourth-order valence-corrected chi connectivity index (χ4v) is 3.61. The van der Waals surface area contributed by atoms with Crippen LogP contribution in [0.3, 0.4) is 0 Å². The maximum atomic E-state index is 10.4. The monoisotopic (exact) mass is 352 g/mol. The summed E-state index contributed by atoms with van der Waals surface area (Å²) in [6, 6.07) is 7.87. The molecule has 1 fully saturated rings. The first-order valence-corrected chi connectivity index (χ1v) is 8.99. The highest BCUT2D eigenvalue weighted by atomic mass is 16.3. The molecule has 0 amide bonds. The molecule has 26 heavy (non-hydrogen) atoms. The number of phenols is 1. The van der Waals surface area contributed by atoms with E-state index in [1.165, 1.54) is 0 Å². The second kappa shape index (κ2) is 6.57. The van der Waals surface area contributed by atoms with Crippen molar-refractivity contribution in [3.05, 3.63) is 35.5 Å². The number of aryl methyl sites for hydroxylation is 2. The molecule has 1 aliphatic rings. The van der Waals surface area contributed by atoms with Crippen LogP contribution in [0.15, 0.2) is 24.3 Å². The van der Waals surface area contributed by atoms with Gasteiger partial charge in [-0.3, -0.25) is 0 Å². The summed E-state index contributed by atoms with van der Waals surface area (Å²) in [5.74, 6) is 0.846. The van der Waals surface area contributed by atoms with Gasteiger partial charge in [0.25, 0.3) is 0 Å². The number of nitrogens with one attached hydrogen (secondary N) is 1. The Morgan fingerprint density at radius 3 is 2.81 bits per heavy atom. The van der Waals surface area contributed by atoms with Gasteiger partial charge in [0.15, 0.2) is 0 Å². The molecule has 0 bridgehead atoms. The summed E-state index contributed by atoms with van der Waals surface area (Å²) in [5, 5.41) is 27.2. The molecule has 4 rings (SSSR count). The molecule has 3 aromatic rings. The van der Waals surface area contributed by atoms with E-state index >= 15 is 0 Å². The first kappa shape index (κ1) is 16.8. The highest BCUT2D eigenvalue weighted by Gasteiger charge is 2.21. The zero-order valence-corrected chi connectivity index (χ0v) is 15.4. The molecule has 0 radical (unpaired) electrons. The van der Waals surface area contributed by atoms with Crippen LogP contribution in [-0.2, 0) is 0 Å². The Morgan fingerprint density at radius 1 is 1.19 bits per heavy atom. The van der Waals surface area contributed by atoms with Gasteiger partial charge in [0.05, 0.1) is 11.2 Å². The number of rotatable bonds is 3. The minimum Gasteiger partial charge on any atom is -0.507 e. The van der Waals surface area contributed by atoms with Crippen molar-refractivity contribution in [1.29, 1.82) is 0 Å². The Balaban J connectivity index is 1.76. The number of hydrogen-bond acceptors (Lipinski definition) is 6. The van der Waals surface area contributed by atoms with Crippen LogP contribution in [0, 0.1) is 13.8 Å². The van der Waals surface area contributed by atoms with Crippen LogP contribution in [0.4, 0.5) is 5.95 Å². The third-order valence-electron chi connectivity index (χ3n) is 4.89. The second-order valence-corrected chi connectivity index (χ2v) is 7.22. The molecule has 2 N–H and O–H groups in total. The number of likely N-dealkylation sites (tertiary alicyclic amines) is 1. The van der Waals surface area contributed by atoms with E-state index in [0.717, 1.165) is 42.7 Å². The third kappa shape index (κ3) is 3.10. The third-order valence-corrected chi connectivity index (χ3v) is 4.89. The Hall–Kier alpha value is -2.67. The summed E-state index contributed by atoms with van der Waals surface area (Å²) in [4.78, 5) is 2.32. The number of benzene rings is 1. The molecule has 1 saturated heterocycles. The fraction of sp³-hybridized carbons (Fsp3) is 0.421. The molecule has 0 aliphatic carbocycles. The van der Waals surface area contributed by atoms with E-state index < -0.39 is 0 Å². The van der Waals surface area contributed by atoms with Gasteiger partial charge in [0, 0.05) is 18.2 Å². The van der Waals surface area contributed by atoms with Crippen LogP contribution in [0.5, 0.6) is 5.75 Å². The zero-order valence-electron chi connectivity index (χ0n) is 15.4. The normalized spacial score (nSPS) is 18.3. The summed E-state index contributed by atoms with van der Waals surface area (Å²) in [7, 11) is 2.14. The molecule has 7 heteroatoms. The minimum atomic E-state index is 0.203. The molecule has 136 valence electrons. The van der Waals surface area contributed by atoms with Gasteiger partial charge >= 0.3 is 0 Å². The van der Waals surface area contributed by atoms with E-state index in [0.29, 0.717) is 23.2 Å². The predicted molar refractivity (Wildman–Crippen MR) is 101 cm³/mol. The number of nitrogens with zero attached hydrogens (tertiary/aromatic N) is 5. The summed E-state index contributed by atoms with van der Waals surface area (Å²) >= 11 is 0. The van der Waals surface area contributed by atoms with E-state index in [1.807, 2.05) is 32.0 Å². The zero-order chi connectivity index (χ0) is 18.3. The maximum Gasteiger partial charge on any atom is 0.244 e. The van der Waals surface area contributed by atoms with Crippen molar-refractivity contribution in [2.75, 3.05) is 25.5 Å². The van der Waals surface area contributed by atoms with E-state index in [1.54, 1.807) is 10.6 Å². The van der Waals surface area contributed by atoms with E-state index in [-0.39, 0.29) is 5.75 Å². The average molecular weight is 352 g/mol. The summed E-state index contributed by atoms with van der Waals surface area (Å²) < 4.78 is 1.80. The van der Waals surface area contributed by atoms with Gasteiger partial charge in [-0.05, 0) is 64.0 Å². The van der Waals surface area contributed by atoms with Crippen molar-refractivity contribution in [3.63, 3.8) is 0 Å². The standard InChI is InChI=1S/C19H24N6O/c1-12-6-7-15(17(26)9-12)18-16-10-13(2)23-25(16)19(22-21-18)20-14-5-4-8-24(3)11-14/h6-7,9-10,14,26H,4-5,8,11H2,1-3H3,(H,20,22)/t14-/m1/s1. The Kier molecular flexibility index (Phi) is 4.24. The van der Waals surface area contributed by atoms with Crippen LogP contribution in [0.1, 0.15) is 24.1 Å². The SMILES string of the molecule is Cc1ccc(-c2nnc(N[C@@H]3CCCN(C)C3)n3nc(C)cc23)c(O)c1. The highest BCUT2D eigenvalue weighted by Crippen LogP contribution is 2.32. The lowest BCUT2D eigenvalue weighted by molar-refractivity contribution is 0.260. The molecular formula is C19H24N6O. The number of phenolic OH excluding ortho intramolecular Hbond substituents is 1. The van der Waals surface area contributed by atoms with Crippen LogP contribution in [0.2, 0.25) is 0 Å². The largest absolute Gasteiger partial charge is 0.507 e. The van der Waals surface area contributed by atoms with Crippen LogP contribution in [0.25, 0.3) is 16.8 Å². The number of aromatic nitrogens is 4. The van der Waals surface area contributed by atoms with Crippen LogP contribution >= 0.6 is 0 Å². The number of hydrogen-bond donors (Lipinski definition) is 2. The van der Waals surface area contributed by atoms with Crippen molar-refractivity contribution >= 4 is 11.5 Å². The first-order valence-electron chi connectivity index (χ1n) is 8.99. The van der Waals surface area contributed by atoms with E-state index in [2.05, 4.69) is 32.6 Å². The quantitative estimate of drug-likeness (QED) is 0.754. The molecule has 2 aromatic heterocycles. The lowest BCUT2D eigenvalue weighted by Crippen LogP contribution is -2.40. The molecular weight excluding hydrogens is 328 g/mol. The van der Waals surface area contributed by atoms with E-state index in [9.17, 15) is 5.11 Å². The Morgan fingerprint density at radius 2 is 2.04 bits per heavy atom. The summed E-state index contributed by atoms with van der Waals surface area (Å²) in [5.41, 5.74) is 4.02. The number of piperidine rings is 1. The molecule has 0 spiro atoms. The number of anilines is 1. The Labute approximate surface area is 152 Å². The van der Waals surface area contributed by atoms with Gasteiger partial charge in [-0.25, -0.2) is 0 Å². The van der Waals surface area contributed by atoms with Crippen LogP contribution < -0.4 is 5.32 Å². The van der Waals surface area contributed by atoms with Crippen LogP contribution in [-0.4, -0.2) is 56.0 Å². The van der Waals surface area contributed by atoms with E-state index in [4.69, 9.17) is 0 Å². The Bertz CT molecular complexity index is 951. The van der Waals surface area contributed by atoms with Gasteiger partial charge in [-0.1, -0.05) is 6.07 Å². The smallest absolute Gasteiger partial charge is 0.244 e. The molecule has 1 aliphatic heterocycles. The highest BCUT2D eigenvalue weighted by molar-refractivity contribution is 5.81. The molecule has 1 aromatic carbocycles. The molecule has 3 heterocycles. The van der Waals surface area contributed by atoms with Gasteiger partial charge in [-0.2, -0.15) is 9.61 Å². The summed E-state index contributed by atoms with van der Waals surface area (Å²) in [6.07, 6.45) is 2.27. The van der Waals surface area contributed by atoms with Gasteiger partial charge in [0.2, 0.25) is 5.95 Å². The maximum absolute atomic E-state index is 10.4. The van der Waals surface area contributed by atoms with Gasteiger partial charge < -0.3 is 15.3 Å². The topological polar surface area (TPSA) is 78.6 Å². The van der Waals surface area contributed by atoms with Crippen molar-refractivity contribution in [1.82, 2.24) is 24.7 Å². The second-order valence-electron chi connectivity index (χ2n) is 7.22. The van der Waals surface area contributed by atoms with Crippen molar-refractivity contribution in [3.8, 4) is 17.0 Å². The number of likely N-dealkylation sites (N-methyl/N-ethyl adjacent to an activating group) is 1. The molecule has 0 saturated carbocycles. The number of aromatic hydroxyl groups is 1.